The summed E-state index contributed by atoms with van der Waals surface area (Å²) >= 11 is 1.36. The molecule has 3 aromatic rings. The van der Waals surface area contributed by atoms with Crippen molar-refractivity contribution in [2.45, 2.75) is 25.7 Å². The minimum atomic E-state index is 0.571. The van der Waals surface area contributed by atoms with Crippen molar-refractivity contribution in [1.82, 2.24) is 5.16 Å². The molecule has 0 bridgehead atoms. The third kappa shape index (κ3) is 4.03. The van der Waals surface area contributed by atoms with Gasteiger partial charge in [-0.3, -0.25) is 0 Å². The summed E-state index contributed by atoms with van der Waals surface area (Å²) in [6, 6.07) is 11.3. The van der Waals surface area contributed by atoms with E-state index >= 15 is 0 Å². The Morgan fingerprint density at radius 1 is 1.15 bits per heavy atom. The highest BCUT2D eigenvalue weighted by atomic mass is 32.2. The lowest BCUT2D eigenvalue weighted by atomic mass is 10.1. The largest absolute Gasteiger partial charge is 0.497 e. The SMILES string of the molecule is CC.COc1ccc(SNc2noc3cc(C#N)c(C)cc23)c(OC)c1. The molecule has 0 amide bonds. The Kier molecular flexibility index (Phi) is 6.75. The second-order valence-electron chi connectivity index (χ2n) is 5.03. The summed E-state index contributed by atoms with van der Waals surface area (Å²) in [5.41, 5.74) is 2.03. The molecule has 0 unspecified atom stereocenters. The average molecular weight is 371 g/mol. The van der Waals surface area contributed by atoms with Gasteiger partial charge < -0.3 is 18.7 Å². The molecule has 0 aliphatic carbocycles. The second kappa shape index (κ2) is 9.02. The van der Waals surface area contributed by atoms with E-state index < -0.39 is 0 Å². The Labute approximate surface area is 157 Å². The molecular weight excluding hydrogens is 350 g/mol. The van der Waals surface area contributed by atoms with Crippen LogP contribution in [0.2, 0.25) is 0 Å². The van der Waals surface area contributed by atoms with Gasteiger partial charge in [0, 0.05) is 12.1 Å². The number of hydrogen-bond donors (Lipinski definition) is 1. The molecule has 0 fully saturated rings. The van der Waals surface area contributed by atoms with Crippen molar-refractivity contribution in [2.75, 3.05) is 18.9 Å². The monoisotopic (exact) mass is 371 g/mol. The van der Waals surface area contributed by atoms with Gasteiger partial charge in [0.25, 0.3) is 0 Å². The lowest BCUT2D eigenvalue weighted by Crippen LogP contribution is -1.93. The Bertz CT molecular complexity index is 932. The van der Waals surface area contributed by atoms with E-state index in [9.17, 15) is 0 Å². The number of aryl methyl sites for hydroxylation is 1. The minimum absolute atomic E-state index is 0.571. The molecular formula is C19H21N3O3S. The van der Waals surface area contributed by atoms with E-state index in [-0.39, 0.29) is 0 Å². The first-order valence-electron chi connectivity index (χ1n) is 8.11. The Balaban J connectivity index is 0.00000117. The number of benzene rings is 2. The summed E-state index contributed by atoms with van der Waals surface area (Å²) in [5.74, 6) is 2.02. The van der Waals surface area contributed by atoms with Crippen LogP contribution in [0.1, 0.15) is 25.0 Å². The maximum absolute atomic E-state index is 9.08. The maximum atomic E-state index is 9.08. The summed E-state index contributed by atoms with van der Waals surface area (Å²) in [4.78, 5) is 0.889. The Morgan fingerprint density at radius 3 is 2.58 bits per heavy atom. The first-order chi connectivity index (χ1) is 12.7. The molecule has 1 heterocycles. The molecule has 0 aliphatic heterocycles. The first kappa shape index (κ1) is 19.5. The van der Waals surface area contributed by atoms with Crippen LogP contribution < -0.4 is 14.2 Å². The van der Waals surface area contributed by atoms with Crippen LogP contribution in [0.3, 0.4) is 0 Å². The van der Waals surface area contributed by atoms with E-state index in [1.54, 1.807) is 20.3 Å². The van der Waals surface area contributed by atoms with Crippen LogP contribution in [0.4, 0.5) is 5.82 Å². The van der Waals surface area contributed by atoms with Crippen LogP contribution in [0.15, 0.2) is 39.8 Å². The normalized spacial score (nSPS) is 9.85. The molecule has 2 aromatic carbocycles. The maximum Gasteiger partial charge on any atom is 0.187 e. The quantitative estimate of drug-likeness (QED) is 0.620. The fourth-order valence-corrected chi connectivity index (χ4v) is 2.98. The van der Waals surface area contributed by atoms with Crippen molar-refractivity contribution in [3.05, 3.63) is 41.5 Å². The molecule has 0 saturated heterocycles. The number of nitrogens with one attached hydrogen (secondary N) is 1. The number of methoxy groups -OCH3 is 2. The van der Waals surface area contributed by atoms with Crippen molar-refractivity contribution >= 4 is 28.7 Å². The molecule has 0 atom stereocenters. The van der Waals surface area contributed by atoms with E-state index in [1.807, 2.05) is 45.0 Å². The van der Waals surface area contributed by atoms with E-state index in [0.717, 1.165) is 21.6 Å². The molecule has 6 nitrogen and oxygen atoms in total. The molecule has 136 valence electrons. The van der Waals surface area contributed by atoms with Crippen LogP contribution >= 0.6 is 11.9 Å². The highest BCUT2D eigenvalue weighted by molar-refractivity contribution is 8.00. The predicted molar refractivity (Wildman–Crippen MR) is 104 cm³/mol. The fourth-order valence-electron chi connectivity index (χ4n) is 2.25. The Morgan fingerprint density at radius 2 is 1.92 bits per heavy atom. The van der Waals surface area contributed by atoms with Crippen LogP contribution in [-0.2, 0) is 0 Å². The van der Waals surface area contributed by atoms with Crippen LogP contribution in [0, 0.1) is 18.3 Å². The number of nitriles is 1. The first-order valence-corrected chi connectivity index (χ1v) is 8.93. The molecule has 0 radical (unpaired) electrons. The van der Waals surface area contributed by atoms with E-state index in [0.29, 0.717) is 22.7 Å². The summed E-state index contributed by atoms with van der Waals surface area (Å²) in [6.45, 7) is 5.88. The molecule has 7 heteroatoms. The van der Waals surface area contributed by atoms with Gasteiger partial charge >= 0.3 is 0 Å². The highest BCUT2D eigenvalue weighted by Gasteiger charge is 2.13. The molecule has 0 aliphatic rings. The number of aromatic nitrogens is 1. The van der Waals surface area contributed by atoms with E-state index in [1.165, 1.54) is 11.9 Å². The predicted octanol–water partition coefficient (Wildman–Crippen LogP) is 5.17. The second-order valence-corrected chi connectivity index (χ2v) is 5.88. The van der Waals surface area contributed by atoms with Crippen molar-refractivity contribution in [3.8, 4) is 17.6 Å². The van der Waals surface area contributed by atoms with Gasteiger partial charge in [-0.25, -0.2) is 0 Å². The number of ether oxygens (including phenoxy) is 2. The van der Waals surface area contributed by atoms with E-state index in [4.69, 9.17) is 19.3 Å². The van der Waals surface area contributed by atoms with Crippen LogP contribution in [-0.4, -0.2) is 19.4 Å². The summed E-state index contributed by atoms with van der Waals surface area (Å²) in [6.07, 6.45) is 0. The number of anilines is 1. The molecule has 0 saturated carbocycles. The molecule has 1 aromatic heterocycles. The van der Waals surface area contributed by atoms with Crippen molar-refractivity contribution in [2.24, 2.45) is 0 Å². The summed E-state index contributed by atoms with van der Waals surface area (Å²) in [7, 11) is 3.22. The third-order valence-electron chi connectivity index (χ3n) is 3.57. The van der Waals surface area contributed by atoms with Gasteiger partial charge in [-0.2, -0.15) is 5.26 Å². The van der Waals surface area contributed by atoms with E-state index in [2.05, 4.69) is 15.9 Å². The fraction of sp³-hybridized carbons (Fsp3) is 0.263. The highest BCUT2D eigenvalue weighted by Crippen LogP contribution is 2.35. The van der Waals surface area contributed by atoms with Gasteiger partial charge in [0.15, 0.2) is 11.4 Å². The van der Waals surface area contributed by atoms with Gasteiger partial charge in [0.1, 0.15) is 11.5 Å². The smallest absolute Gasteiger partial charge is 0.187 e. The lowest BCUT2D eigenvalue weighted by molar-refractivity contribution is 0.387. The van der Waals surface area contributed by atoms with Gasteiger partial charge in [0.2, 0.25) is 0 Å². The zero-order chi connectivity index (χ0) is 19.1. The van der Waals surface area contributed by atoms with Crippen molar-refractivity contribution < 1.29 is 14.0 Å². The average Bonchev–Trinajstić information content (AvgIpc) is 3.08. The van der Waals surface area contributed by atoms with Crippen LogP contribution in [0.5, 0.6) is 11.5 Å². The lowest BCUT2D eigenvalue weighted by Gasteiger charge is -2.10. The number of nitrogens with zero attached hydrogens (tertiary/aromatic N) is 2. The number of fused-ring (bicyclic) bond motifs is 1. The zero-order valence-corrected chi connectivity index (χ0v) is 16.2. The van der Waals surface area contributed by atoms with Gasteiger partial charge in [-0.15, -0.1) is 0 Å². The van der Waals surface area contributed by atoms with Gasteiger partial charge in [-0.1, -0.05) is 19.0 Å². The van der Waals surface area contributed by atoms with Gasteiger partial charge in [0.05, 0.1) is 36.1 Å². The molecule has 3 rings (SSSR count). The topological polar surface area (TPSA) is 80.3 Å². The van der Waals surface area contributed by atoms with Crippen LogP contribution in [0.25, 0.3) is 11.0 Å². The summed E-state index contributed by atoms with van der Waals surface area (Å²) < 4.78 is 19.0. The molecule has 1 N–H and O–H groups in total. The number of hydrogen-bond acceptors (Lipinski definition) is 7. The summed E-state index contributed by atoms with van der Waals surface area (Å²) in [5, 5.41) is 13.9. The Hall–Kier alpha value is -2.85. The third-order valence-corrected chi connectivity index (χ3v) is 4.42. The number of rotatable bonds is 5. The molecule has 0 spiro atoms. The zero-order valence-electron chi connectivity index (χ0n) is 15.4. The van der Waals surface area contributed by atoms with Gasteiger partial charge in [-0.05, 0) is 42.6 Å². The standard InChI is InChI=1S/C17H15N3O3S.C2H6/c1-10-6-13-14(7-11(10)9-18)23-19-17(13)20-24-16-5-4-12(21-2)8-15(16)22-3;1-2/h4-8H,1-3H3,(H,19,20);1-2H3. The minimum Gasteiger partial charge on any atom is -0.497 e. The molecule has 26 heavy (non-hydrogen) atoms. The van der Waals surface area contributed by atoms with Crippen molar-refractivity contribution in [3.63, 3.8) is 0 Å². The van der Waals surface area contributed by atoms with Crippen molar-refractivity contribution in [1.29, 1.82) is 5.26 Å².